The second-order valence-corrected chi connectivity index (χ2v) is 15.2. The van der Waals surface area contributed by atoms with E-state index in [1.54, 1.807) is 50.7 Å². The van der Waals surface area contributed by atoms with E-state index >= 15 is 0 Å². The molecule has 0 saturated carbocycles. The van der Waals surface area contributed by atoms with Crippen molar-refractivity contribution < 1.29 is 28.5 Å². The van der Waals surface area contributed by atoms with Gasteiger partial charge in [-0.1, -0.05) is 45.0 Å². The van der Waals surface area contributed by atoms with Crippen LogP contribution in [0.1, 0.15) is 50.5 Å². The summed E-state index contributed by atoms with van der Waals surface area (Å²) in [6, 6.07) is 23.7. The minimum atomic E-state index is -0.416. The number of aromatic nitrogens is 1. The number of pyridine rings is 1. The molecule has 13 nitrogen and oxygen atoms in total. The van der Waals surface area contributed by atoms with Crippen LogP contribution >= 0.6 is 0 Å². The molecule has 1 saturated heterocycles. The van der Waals surface area contributed by atoms with Crippen LogP contribution in [0.4, 0.5) is 33.4 Å². The number of methoxy groups -OCH3 is 2. The van der Waals surface area contributed by atoms with Crippen LogP contribution in [0.25, 0.3) is 10.8 Å². The maximum atomic E-state index is 13.5. The van der Waals surface area contributed by atoms with Gasteiger partial charge in [0.1, 0.15) is 23.1 Å². The summed E-state index contributed by atoms with van der Waals surface area (Å²) >= 11 is 0. The third-order valence-corrected chi connectivity index (χ3v) is 9.65. The molecular weight excluding hydrogens is 723 g/mol. The highest BCUT2D eigenvalue weighted by atomic mass is 16.5. The fourth-order valence-corrected chi connectivity index (χ4v) is 6.94. The fraction of sp³-hybridized carbons (Fsp3) is 0.341. The third kappa shape index (κ3) is 10.2. The van der Waals surface area contributed by atoms with E-state index in [4.69, 9.17) is 18.9 Å². The van der Waals surface area contributed by atoms with Crippen molar-refractivity contribution in [3.63, 3.8) is 0 Å². The zero-order chi connectivity index (χ0) is 40.7. The molecule has 300 valence electrons. The molecule has 2 unspecified atom stereocenters. The van der Waals surface area contributed by atoms with E-state index < -0.39 is 6.03 Å². The SMILES string of the molecule is CNc1cc(C(C)(C)C)cc(NC(=O)Nc2ccc(Oc3ccnc(Nc4cc(OC)cc(C(=O)NCCN5CC(C)OC(C)C5)c4)c3)c3ccccc23)c1OC. The highest BCUT2D eigenvalue weighted by molar-refractivity contribution is 6.08. The third-order valence-electron chi connectivity index (χ3n) is 9.65. The van der Waals surface area contributed by atoms with Gasteiger partial charge in [0.05, 0.1) is 43.5 Å². The first-order valence-corrected chi connectivity index (χ1v) is 19.1. The van der Waals surface area contributed by atoms with Crippen molar-refractivity contribution in [1.82, 2.24) is 15.2 Å². The molecule has 5 N–H and O–H groups in total. The lowest BCUT2D eigenvalue weighted by Gasteiger charge is -2.35. The highest BCUT2D eigenvalue weighted by Gasteiger charge is 2.23. The van der Waals surface area contributed by atoms with Crippen molar-refractivity contribution in [3.05, 3.63) is 96.2 Å². The summed E-state index contributed by atoms with van der Waals surface area (Å²) < 4.78 is 23.4. The lowest BCUT2D eigenvalue weighted by atomic mass is 9.86. The van der Waals surface area contributed by atoms with Crippen LogP contribution in [-0.2, 0) is 10.2 Å². The summed E-state index contributed by atoms with van der Waals surface area (Å²) in [5, 5.41) is 17.1. The van der Waals surface area contributed by atoms with Gasteiger partial charge in [-0.15, -0.1) is 0 Å². The number of carbonyl (C=O) groups excluding carboxylic acids is 2. The van der Waals surface area contributed by atoms with E-state index in [0.29, 0.717) is 58.0 Å². The molecule has 1 aromatic heterocycles. The minimum absolute atomic E-state index is 0.152. The van der Waals surface area contributed by atoms with Crippen LogP contribution in [0.3, 0.4) is 0 Å². The Balaban J connectivity index is 1.15. The number of hydrogen-bond donors (Lipinski definition) is 5. The Hall–Kier alpha value is -6.05. The summed E-state index contributed by atoms with van der Waals surface area (Å²) in [6.07, 6.45) is 1.97. The van der Waals surface area contributed by atoms with Gasteiger partial charge >= 0.3 is 6.03 Å². The monoisotopic (exact) mass is 775 g/mol. The van der Waals surface area contributed by atoms with E-state index in [1.807, 2.05) is 55.6 Å². The van der Waals surface area contributed by atoms with Gasteiger partial charge in [-0.2, -0.15) is 0 Å². The number of anilines is 5. The molecule has 1 fully saturated rings. The molecule has 0 aliphatic carbocycles. The van der Waals surface area contributed by atoms with E-state index in [9.17, 15) is 9.59 Å². The number of carbonyl (C=O) groups is 2. The van der Waals surface area contributed by atoms with Gasteiger partial charge in [0.15, 0.2) is 5.75 Å². The van der Waals surface area contributed by atoms with Gasteiger partial charge in [-0.3, -0.25) is 9.69 Å². The first-order valence-electron chi connectivity index (χ1n) is 19.1. The van der Waals surface area contributed by atoms with E-state index in [-0.39, 0.29) is 23.5 Å². The van der Waals surface area contributed by atoms with E-state index in [2.05, 4.69) is 71.1 Å². The number of fused-ring (bicyclic) bond motifs is 1. The number of nitrogens with zero attached hydrogens (tertiary/aromatic N) is 2. The molecule has 5 aromatic rings. The number of ether oxygens (including phenoxy) is 4. The molecule has 57 heavy (non-hydrogen) atoms. The summed E-state index contributed by atoms with van der Waals surface area (Å²) in [4.78, 5) is 33.5. The second-order valence-electron chi connectivity index (χ2n) is 15.2. The Morgan fingerprint density at radius 2 is 1.56 bits per heavy atom. The Labute approximate surface area is 334 Å². The van der Waals surface area contributed by atoms with Gasteiger partial charge in [-0.05, 0) is 67.3 Å². The summed E-state index contributed by atoms with van der Waals surface area (Å²) in [6.45, 7) is 13.4. The zero-order valence-electron chi connectivity index (χ0n) is 33.9. The average Bonchev–Trinajstić information content (AvgIpc) is 3.17. The molecule has 0 radical (unpaired) electrons. The van der Waals surface area contributed by atoms with Crippen molar-refractivity contribution in [2.75, 3.05) is 68.7 Å². The zero-order valence-corrected chi connectivity index (χ0v) is 33.9. The Kier molecular flexibility index (Phi) is 12.7. The first-order chi connectivity index (χ1) is 27.3. The minimum Gasteiger partial charge on any atom is -0.497 e. The van der Waals surface area contributed by atoms with Crippen molar-refractivity contribution in [2.45, 2.75) is 52.2 Å². The molecule has 0 spiro atoms. The van der Waals surface area contributed by atoms with Crippen molar-refractivity contribution in [1.29, 1.82) is 0 Å². The maximum absolute atomic E-state index is 13.5. The van der Waals surface area contributed by atoms with Crippen molar-refractivity contribution in [3.8, 4) is 23.0 Å². The van der Waals surface area contributed by atoms with Crippen LogP contribution in [0.5, 0.6) is 23.0 Å². The summed E-state index contributed by atoms with van der Waals surface area (Å²) in [5.41, 5.74) is 3.91. The standard InChI is InChI=1S/C44H53N7O6/c1-27-25-51(26-28(2)56-27)18-17-47-42(52)29-19-31(23-33(20-29)54-7)48-40-24-32(15-16-46-40)57-39-14-13-36(34-11-9-10-12-35(34)39)49-43(53)50-38-22-30(44(3,4)5)21-37(45-6)41(38)55-8/h9-16,19-24,27-28,45H,17-18,25-26H2,1-8H3,(H,46,48)(H,47,52)(H2,49,50,53). The number of rotatable bonds is 13. The highest BCUT2D eigenvalue weighted by Crippen LogP contribution is 2.39. The molecule has 13 heteroatoms. The second kappa shape index (κ2) is 17.8. The van der Waals surface area contributed by atoms with Crippen LogP contribution in [0.2, 0.25) is 0 Å². The Morgan fingerprint density at radius 1 is 0.842 bits per heavy atom. The van der Waals surface area contributed by atoms with Crippen molar-refractivity contribution in [2.24, 2.45) is 0 Å². The Morgan fingerprint density at radius 3 is 2.26 bits per heavy atom. The molecule has 1 aliphatic rings. The fourth-order valence-electron chi connectivity index (χ4n) is 6.94. The van der Waals surface area contributed by atoms with Gasteiger partial charge in [0.25, 0.3) is 5.91 Å². The average molecular weight is 776 g/mol. The molecule has 0 bridgehead atoms. The number of urea groups is 1. The normalized spacial score (nSPS) is 15.7. The number of morpholine rings is 1. The molecule has 6 rings (SSSR count). The summed E-state index contributed by atoms with van der Waals surface area (Å²) in [5.74, 6) is 2.51. The van der Waals surface area contributed by atoms with Gasteiger partial charge in [0, 0.05) is 73.6 Å². The van der Waals surface area contributed by atoms with Crippen LogP contribution < -0.4 is 40.8 Å². The predicted molar refractivity (Wildman–Crippen MR) is 227 cm³/mol. The molecule has 1 aliphatic heterocycles. The Bertz CT molecular complexity index is 2210. The first kappa shape index (κ1) is 40.6. The maximum Gasteiger partial charge on any atom is 0.323 e. The van der Waals surface area contributed by atoms with Gasteiger partial charge in [-0.25, -0.2) is 9.78 Å². The van der Waals surface area contributed by atoms with Crippen LogP contribution in [0, 0.1) is 0 Å². The number of amides is 3. The number of hydrogen-bond acceptors (Lipinski definition) is 10. The lowest BCUT2D eigenvalue weighted by Crippen LogP contribution is -2.47. The number of nitrogens with one attached hydrogen (secondary N) is 5. The predicted octanol–water partition coefficient (Wildman–Crippen LogP) is 8.61. The topological polar surface area (TPSA) is 147 Å². The smallest absolute Gasteiger partial charge is 0.323 e. The van der Waals surface area contributed by atoms with Gasteiger partial charge < -0.3 is 45.5 Å². The van der Waals surface area contributed by atoms with Crippen molar-refractivity contribution >= 4 is 51.3 Å². The number of benzene rings is 4. The van der Waals surface area contributed by atoms with Crippen LogP contribution in [-0.4, -0.2) is 81.5 Å². The molecular formula is C44H53N7O6. The summed E-state index contributed by atoms with van der Waals surface area (Å²) in [7, 11) is 4.96. The quantitative estimate of drug-likeness (QED) is 0.0788. The van der Waals surface area contributed by atoms with Crippen LogP contribution in [0.15, 0.2) is 85.1 Å². The molecule has 2 atom stereocenters. The molecule has 2 heterocycles. The van der Waals surface area contributed by atoms with Gasteiger partial charge in [0.2, 0.25) is 0 Å². The van der Waals surface area contributed by atoms with E-state index in [1.165, 1.54) is 0 Å². The largest absolute Gasteiger partial charge is 0.497 e. The molecule has 3 amide bonds. The molecule has 4 aromatic carbocycles. The lowest BCUT2D eigenvalue weighted by molar-refractivity contribution is -0.0672. The van der Waals surface area contributed by atoms with E-state index in [0.717, 1.165) is 41.7 Å².